The van der Waals surface area contributed by atoms with Crippen LogP contribution in [0.3, 0.4) is 0 Å². The highest BCUT2D eigenvalue weighted by Crippen LogP contribution is 2.13. The standard InChI is InChI=1S/C18H18N4O5S/c1-27-18(24)14-4-2-13(3-5-14)17(23)19-9-11-28(25,26)21-15-7-10-22-16(12-15)6-8-20-22/h2-8,10,12,21H,9,11H2,1H3,(H,19,23). The molecule has 0 aliphatic rings. The van der Waals surface area contributed by atoms with Crippen molar-refractivity contribution in [3.05, 3.63) is 66.0 Å². The molecule has 0 unspecified atom stereocenters. The van der Waals surface area contributed by atoms with Crippen LogP contribution in [0.15, 0.2) is 54.9 Å². The van der Waals surface area contributed by atoms with Crippen LogP contribution in [0.25, 0.3) is 5.52 Å². The Morgan fingerprint density at radius 2 is 1.82 bits per heavy atom. The van der Waals surface area contributed by atoms with E-state index in [9.17, 15) is 18.0 Å². The fourth-order valence-electron chi connectivity index (χ4n) is 2.49. The molecule has 2 aromatic heterocycles. The molecular formula is C18H18N4O5S. The first kappa shape index (κ1) is 19.4. The largest absolute Gasteiger partial charge is 0.465 e. The van der Waals surface area contributed by atoms with Crippen LogP contribution in [0.4, 0.5) is 5.69 Å². The molecule has 0 spiro atoms. The van der Waals surface area contributed by atoms with Gasteiger partial charge in [-0.15, -0.1) is 0 Å². The first-order valence-electron chi connectivity index (χ1n) is 8.28. The molecule has 0 fully saturated rings. The maximum Gasteiger partial charge on any atom is 0.337 e. The second kappa shape index (κ2) is 8.09. The first-order chi connectivity index (χ1) is 13.4. The van der Waals surface area contributed by atoms with Crippen molar-refractivity contribution in [3.63, 3.8) is 0 Å². The number of amides is 1. The number of carbonyl (C=O) groups excluding carboxylic acids is 2. The van der Waals surface area contributed by atoms with E-state index in [0.717, 1.165) is 5.52 Å². The Kier molecular flexibility index (Phi) is 5.59. The number of rotatable bonds is 7. The molecule has 0 radical (unpaired) electrons. The van der Waals surface area contributed by atoms with Crippen molar-refractivity contribution in [3.8, 4) is 0 Å². The Balaban J connectivity index is 1.54. The van der Waals surface area contributed by atoms with Gasteiger partial charge in [0.25, 0.3) is 5.91 Å². The summed E-state index contributed by atoms with van der Waals surface area (Å²) in [6.45, 7) is -0.0676. The predicted octanol–water partition coefficient (Wildman–Crippen LogP) is 1.29. The summed E-state index contributed by atoms with van der Waals surface area (Å²) in [7, 11) is -2.37. The number of pyridine rings is 1. The number of ether oxygens (including phenoxy) is 1. The van der Waals surface area contributed by atoms with Crippen molar-refractivity contribution in [1.82, 2.24) is 14.9 Å². The SMILES string of the molecule is COC(=O)c1ccc(C(=O)NCCS(=O)(=O)Nc2ccn3nccc3c2)cc1. The zero-order chi connectivity index (χ0) is 20.1. The number of hydrogen-bond donors (Lipinski definition) is 2. The number of hydrogen-bond acceptors (Lipinski definition) is 6. The van der Waals surface area contributed by atoms with Gasteiger partial charge in [-0.1, -0.05) is 0 Å². The first-order valence-corrected chi connectivity index (χ1v) is 9.94. The highest BCUT2D eigenvalue weighted by molar-refractivity contribution is 7.92. The number of sulfonamides is 1. The normalized spacial score (nSPS) is 11.2. The lowest BCUT2D eigenvalue weighted by atomic mass is 10.1. The van der Waals surface area contributed by atoms with E-state index in [1.54, 1.807) is 35.1 Å². The lowest BCUT2D eigenvalue weighted by molar-refractivity contribution is 0.0600. The van der Waals surface area contributed by atoms with Crippen molar-refractivity contribution < 1.29 is 22.7 Å². The lowest BCUT2D eigenvalue weighted by Gasteiger charge is -2.09. The van der Waals surface area contributed by atoms with Crippen LogP contribution >= 0.6 is 0 Å². The molecule has 2 N–H and O–H groups in total. The monoisotopic (exact) mass is 402 g/mol. The Bertz CT molecular complexity index is 1110. The highest BCUT2D eigenvalue weighted by atomic mass is 32.2. The van der Waals surface area contributed by atoms with Gasteiger partial charge in [-0.3, -0.25) is 9.52 Å². The molecular weight excluding hydrogens is 384 g/mol. The van der Waals surface area contributed by atoms with E-state index in [-0.39, 0.29) is 12.3 Å². The summed E-state index contributed by atoms with van der Waals surface area (Å²) in [5, 5.41) is 6.58. The van der Waals surface area contributed by atoms with Crippen molar-refractivity contribution in [2.24, 2.45) is 0 Å². The van der Waals surface area contributed by atoms with E-state index in [2.05, 4.69) is 19.9 Å². The van der Waals surface area contributed by atoms with Gasteiger partial charge >= 0.3 is 5.97 Å². The summed E-state index contributed by atoms with van der Waals surface area (Å²) in [6, 6.07) is 10.9. The minimum Gasteiger partial charge on any atom is -0.465 e. The molecule has 146 valence electrons. The molecule has 0 saturated heterocycles. The Morgan fingerprint density at radius 3 is 2.54 bits per heavy atom. The lowest BCUT2D eigenvalue weighted by Crippen LogP contribution is -2.31. The fourth-order valence-corrected chi connectivity index (χ4v) is 3.45. The third-order valence-corrected chi connectivity index (χ3v) is 5.19. The van der Waals surface area contributed by atoms with Crippen molar-refractivity contribution in [1.29, 1.82) is 0 Å². The zero-order valence-electron chi connectivity index (χ0n) is 15.0. The number of carbonyl (C=O) groups is 2. The molecule has 10 heteroatoms. The van der Waals surface area contributed by atoms with Crippen molar-refractivity contribution in [2.75, 3.05) is 24.1 Å². The van der Waals surface area contributed by atoms with Gasteiger partial charge in [0.05, 0.1) is 29.6 Å². The molecule has 3 aromatic rings. The zero-order valence-corrected chi connectivity index (χ0v) is 15.8. The number of aromatic nitrogens is 2. The topological polar surface area (TPSA) is 119 Å². The van der Waals surface area contributed by atoms with Gasteiger partial charge in [-0.25, -0.2) is 17.7 Å². The van der Waals surface area contributed by atoms with Gasteiger partial charge in [0.1, 0.15) is 0 Å². The second-order valence-electron chi connectivity index (χ2n) is 5.86. The summed E-state index contributed by atoms with van der Waals surface area (Å²) in [5.41, 5.74) is 1.80. The van der Waals surface area contributed by atoms with E-state index < -0.39 is 21.9 Å². The van der Waals surface area contributed by atoms with Crippen LogP contribution in [-0.2, 0) is 14.8 Å². The van der Waals surface area contributed by atoms with Crippen LogP contribution in [-0.4, -0.2) is 49.3 Å². The van der Waals surface area contributed by atoms with E-state index in [0.29, 0.717) is 16.8 Å². The number of methoxy groups -OCH3 is 1. The number of anilines is 1. The van der Waals surface area contributed by atoms with Gasteiger partial charge < -0.3 is 10.1 Å². The Morgan fingerprint density at radius 1 is 1.11 bits per heavy atom. The number of nitrogens with one attached hydrogen (secondary N) is 2. The van der Waals surface area contributed by atoms with E-state index in [4.69, 9.17) is 0 Å². The summed E-state index contributed by atoms with van der Waals surface area (Å²) >= 11 is 0. The van der Waals surface area contributed by atoms with Gasteiger partial charge in [-0.2, -0.15) is 5.10 Å². The molecule has 0 aliphatic heterocycles. The number of esters is 1. The fraction of sp³-hybridized carbons (Fsp3) is 0.167. The summed E-state index contributed by atoms with van der Waals surface area (Å²) < 4.78 is 33.1. The van der Waals surface area contributed by atoms with Crippen molar-refractivity contribution >= 4 is 33.1 Å². The van der Waals surface area contributed by atoms with E-state index in [1.807, 2.05) is 0 Å². The van der Waals surface area contributed by atoms with Crippen LogP contribution in [0.1, 0.15) is 20.7 Å². The van der Waals surface area contributed by atoms with Gasteiger partial charge in [0, 0.05) is 24.5 Å². The summed E-state index contributed by atoms with van der Waals surface area (Å²) in [5.74, 6) is -1.23. The molecule has 3 rings (SSSR count). The second-order valence-corrected chi connectivity index (χ2v) is 7.70. The number of benzene rings is 1. The highest BCUT2D eigenvalue weighted by Gasteiger charge is 2.13. The number of nitrogens with zero attached hydrogens (tertiary/aromatic N) is 2. The third-order valence-electron chi connectivity index (χ3n) is 3.90. The van der Waals surface area contributed by atoms with E-state index >= 15 is 0 Å². The molecule has 9 nitrogen and oxygen atoms in total. The molecule has 0 saturated carbocycles. The van der Waals surface area contributed by atoms with Gasteiger partial charge in [0.15, 0.2) is 0 Å². The third kappa shape index (κ3) is 4.65. The minimum absolute atomic E-state index is 0.0676. The summed E-state index contributed by atoms with van der Waals surface area (Å²) in [6.07, 6.45) is 3.26. The Labute approximate surface area is 161 Å². The average molecular weight is 402 g/mol. The molecule has 0 atom stereocenters. The summed E-state index contributed by atoms with van der Waals surface area (Å²) in [4.78, 5) is 23.5. The molecule has 28 heavy (non-hydrogen) atoms. The van der Waals surface area contributed by atoms with Crippen LogP contribution in [0.2, 0.25) is 0 Å². The smallest absolute Gasteiger partial charge is 0.337 e. The number of fused-ring (bicyclic) bond motifs is 1. The molecule has 0 aliphatic carbocycles. The molecule has 1 amide bonds. The molecule has 2 heterocycles. The van der Waals surface area contributed by atoms with E-state index in [1.165, 1.54) is 31.4 Å². The quantitative estimate of drug-likeness (QED) is 0.575. The average Bonchev–Trinajstić information content (AvgIpc) is 3.14. The van der Waals surface area contributed by atoms with Crippen LogP contribution in [0.5, 0.6) is 0 Å². The maximum absolute atomic E-state index is 12.2. The van der Waals surface area contributed by atoms with Crippen LogP contribution < -0.4 is 10.0 Å². The van der Waals surface area contributed by atoms with Gasteiger partial charge in [-0.05, 0) is 42.5 Å². The molecule has 1 aromatic carbocycles. The van der Waals surface area contributed by atoms with Gasteiger partial charge in [0.2, 0.25) is 10.0 Å². The maximum atomic E-state index is 12.2. The minimum atomic E-state index is -3.64. The molecule has 0 bridgehead atoms. The predicted molar refractivity (Wildman–Crippen MR) is 103 cm³/mol. The van der Waals surface area contributed by atoms with Crippen molar-refractivity contribution in [2.45, 2.75) is 0 Å². The van der Waals surface area contributed by atoms with Crippen LogP contribution in [0, 0.1) is 0 Å². The Hall–Kier alpha value is -3.40.